The van der Waals surface area contributed by atoms with E-state index in [1.807, 2.05) is 13.8 Å². The number of carbonyl (C=O) groups excluding carboxylic acids is 1. The lowest BCUT2D eigenvalue weighted by atomic mass is 9.89. The summed E-state index contributed by atoms with van der Waals surface area (Å²) in [7, 11) is 0. The van der Waals surface area contributed by atoms with Gasteiger partial charge in [-0.2, -0.15) is 13.2 Å². The molecule has 6 nitrogen and oxygen atoms in total. The van der Waals surface area contributed by atoms with Gasteiger partial charge in [-0.25, -0.2) is 0 Å². The van der Waals surface area contributed by atoms with E-state index in [1.54, 1.807) is 0 Å². The maximum Gasteiger partial charge on any atom is 0.451 e. The summed E-state index contributed by atoms with van der Waals surface area (Å²) >= 11 is 0. The van der Waals surface area contributed by atoms with Gasteiger partial charge in [-0.15, -0.1) is 10.2 Å². The Labute approximate surface area is 131 Å². The Morgan fingerprint density at radius 2 is 2.04 bits per heavy atom. The SMILES string of the molecule is CC(C)[C@H]1CCO[C@H]1C(=O)N1CCn2c(nnc2C(F)(F)F)C1. The van der Waals surface area contributed by atoms with E-state index in [9.17, 15) is 18.0 Å². The molecule has 1 aromatic rings. The average Bonchev–Trinajstić information content (AvgIpc) is 3.11. The van der Waals surface area contributed by atoms with Crippen LogP contribution in [0.15, 0.2) is 0 Å². The highest BCUT2D eigenvalue weighted by Gasteiger charge is 2.42. The number of ether oxygens (including phenoxy) is 1. The molecule has 1 fully saturated rings. The third-order valence-corrected chi connectivity index (χ3v) is 4.56. The fourth-order valence-corrected chi connectivity index (χ4v) is 3.28. The minimum atomic E-state index is -4.53. The van der Waals surface area contributed by atoms with Gasteiger partial charge in [0.1, 0.15) is 6.10 Å². The van der Waals surface area contributed by atoms with Crippen molar-refractivity contribution in [2.75, 3.05) is 13.2 Å². The molecule has 3 rings (SSSR count). The minimum Gasteiger partial charge on any atom is -0.368 e. The van der Waals surface area contributed by atoms with Crippen LogP contribution in [0.2, 0.25) is 0 Å². The maximum atomic E-state index is 12.8. The van der Waals surface area contributed by atoms with Crippen LogP contribution in [-0.4, -0.2) is 44.8 Å². The molecule has 3 heterocycles. The van der Waals surface area contributed by atoms with E-state index < -0.39 is 18.1 Å². The number of alkyl halides is 3. The van der Waals surface area contributed by atoms with Gasteiger partial charge in [-0.1, -0.05) is 13.8 Å². The molecule has 0 N–H and O–H groups in total. The number of halogens is 3. The van der Waals surface area contributed by atoms with Crippen LogP contribution in [0.1, 0.15) is 31.9 Å². The first-order valence-corrected chi connectivity index (χ1v) is 7.68. The first kappa shape index (κ1) is 16.2. The van der Waals surface area contributed by atoms with Gasteiger partial charge in [-0.05, 0) is 18.3 Å². The van der Waals surface area contributed by atoms with Crippen LogP contribution < -0.4 is 0 Å². The van der Waals surface area contributed by atoms with Crippen molar-refractivity contribution in [2.45, 2.75) is 45.6 Å². The zero-order valence-electron chi connectivity index (χ0n) is 13.0. The Bertz CT molecular complexity index is 599. The molecule has 0 unspecified atom stereocenters. The molecule has 128 valence electrons. The third kappa shape index (κ3) is 2.93. The highest BCUT2D eigenvalue weighted by atomic mass is 19.4. The number of hydrogen-bond acceptors (Lipinski definition) is 4. The van der Waals surface area contributed by atoms with Crippen molar-refractivity contribution in [2.24, 2.45) is 11.8 Å². The topological polar surface area (TPSA) is 60.2 Å². The summed E-state index contributed by atoms with van der Waals surface area (Å²) < 4.78 is 45.1. The van der Waals surface area contributed by atoms with Gasteiger partial charge in [0.2, 0.25) is 5.82 Å². The summed E-state index contributed by atoms with van der Waals surface area (Å²) in [5.74, 6) is -0.540. The maximum absolute atomic E-state index is 12.8. The van der Waals surface area contributed by atoms with E-state index in [2.05, 4.69) is 10.2 Å². The normalized spacial score (nSPS) is 25.0. The second kappa shape index (κ2) is 5.77. The van der Waals surface area contributed by atoms with E-state index in [1.165, 1.54) is 4.90 Å². The van der Waals surface area contributed by atoms with E-state index in [0.717, 1.165) is 11.0 Å². The molecule has 2 atom stereocenters. The van der Waals surface area contributed by atoms with Crippen LogP contribution >= 0.6 is 0 Å². The molecule has 1 saturated heterocycles. The largest absolute Gasteiger partial charge is 0.451 e. The molecule has 0 bridgehead atoms. The van der Waals surface area contributed by atoms with Crippen LogP contribution in [0.4, 0.5) is 13.2 Å². The summed E-state index contributed by atoms with van der Waals surface area (Å²) in [5, 5.41) is 6.82. The molecular formula is C14H19F3N4O2. The molecule has 9 heteroatoms. The molecule has 0 aliphatic carbocycles. The average molecular weight is 332 g/mol. The van der Waals surface area contributed by atoms with E-state index >= 15 is 0 Å². The molecule has 2 aliphatic rings. The van der Waals surface area contributed by atoms with Crippen LogP contribution in [0, 0.1) is 11.8 Å². The summed E-state index contributed by atoms with van der Waals surface area (Å²) in [4.78, 5) is 14.2. The Morgan fingerprint density at radius 1 is 1.30 bits per heavy atom. The quantitative estimate of drug-likeness (QED) is 0.827. The molecule has 0 aromatic carbocycles. The van der Waals surface area contributed by atoms with Crippen molar-refractivity contribution in [3.8, 4) is 0 Å². The lowest BCUT2D eigenvalue weighted by molar-refractivity contribution is -0.149. The zero-order chi connectivity index (χ0) is 16.8. The summed E-state index contributed by atoms with van der Waals surface area (Å²) in [6.07, 6.45) is -4.21. The first-order chi connectivity index (χ1) is 10.8. The van der Waals surface area contributed by atoms with E-state index in [-0.39, 0.29) is 37.3 Å². The van der Waals surface area contributed by atoms with Crippen molar-refractivity contribution in [3.05, 3.63) is 11.6 Å². The van der Waals surface area contributed by atoms with Gasteiger partial charge in [-0.3, -0.25) is 4.79 Å². The molecule has 0 spiro atoms. The predicted molar refractivity (Wildman–Crippen MR) is 73.1 cm³/mol. The Hall–Kier alpha value is -1.64. The fourth-order valence-electron chi connectivity index (χ4n) is 3.28. The fraction of sp³-hybridized carbons (Fsp3) is 0.786. The number of carbonyl (C=O) groups is 1. The van der Waals surface area contributed by atoms with Gasteiger partial charge < -0.3 is 14.2 Å². The van der Waals surface area contributed by atoms with E-state index in [4.69, 9.17) is 4.74 Å². The van der Waals surface area contributed by atoms with Crippen molar-refractivity contribution in [3.63, 3.8) is 0 Å². The smallest absolute Gasteiger partial charge is 0.368 e. The Balaban J connectivity index is 1.75. The molecule has 0 saturated carbocycles. The van der Waals surface area contributed by atoms with Gasteiger partial charge >= 0.3 is 6.18 Å². The van der Waals surface area contributed by atoms with Crippen molar-refractivity contribution in [1.82, 2.24) is 19.7 Å². The summed E-state index contributed by atoms with van der Waals surface area (Å²) in [6, 6.07) is 0. The Morgan fingerprint density at radius 3 is 2.70 bits per heavy atom. The number of amides is 1. The number of fused-ring (bicyclic) bond motifs is 1. The second-order valence-corrected chi connectivity index (χ2v) is 6.34. The molecule has 2 aliphatic heterocycles. The predicted octanol–water partition coefficient (Wildman–Crippen LogP) is 1.70. The third-order valence-electron chi connectivity index (χ3n) is 4.56. The van der Waals surface area contributed by atoms with Crippen molar-refractivity contribution >= 4 is 5.91 Å². The lowest BCUT2D eigenvalue weighted by Crippen LogP contribution is -2.46. The minimum absolute atomic E-state index is 0.0343. The van der Waals surface area contributed by atoms with Crippen molar-refractivity contribution < 1.29 is 22.7 Å². The summed E-state index contributed by atoms with van der Waals surface area (Å²) in [6.45, 7) is 4.91. The van der Waals surface area contributed by atoms with Crippen LogP contribution in [-0.2, 0) is 28.8 Å². The number of aromatic nitrogens is 3. The zero-order valence-corrected chi connectivity index (χ0v) is 13.0. The second-order valence-electron chi connectivity index (χ2n) is 6.34. The van der Waals surface area contributed by atoms with Crippen LogP contribution in [0.3, 0.4) is 0 Å². The molecular weight excluding hydrogens is 313 g/mol. The van der Waals surface area contributed by atoms with Crippen LogP contribution in [0.25, 0.3) is 0 Å². The van der Waals surface area contributed by atoms with Gasteiger partial charge in [0.15, 0.2) is 5.82 Å². The number of hydrogen-bond donors (Lipinski definition) is 0. The molecule has 1 amide bonds. The molecule has 0 radical (unpaired) electrons. The number of nitrogens with zero attached hydrogens (tertiary/aromatic N) is 4. The van der Waals surface area contributed by atoms with Crippen molar-refractivity contribution in [1.29, 1.82) is 0 Å². The van der Waals surface area contributed by atoms with E-state index in [0.29, 0.717) is 12.5 Å². The van der Waals surface area contributed by atoms with Gasteiger partial charge in [0.05, 0.1) is 6.54 Å². The molecule has 23 heavy (non-hydrogen) atoms. The molecule has 1 aromatic heterocycles. The van der Waals surface area contributed by atoms with Gasteiger partial charge in [0, 0.05) is 19.7 Å². The highest BCUT2D eigenvalue weighted by Crippen LogP contribution is 2.32. The van der Waals surface area contributed by atoms with Crippen LogP contribution in [0.5, 0.6) is 0 Å². The Kier molecular flexibility index (Phi) is 4.07. The monoisotopic (exact) mass is 332 g/mol. The highest BCUT2D eigenvalue weighted by molar-refractivity contribution is 5.81. The summed E-state index contributed by atoms with van der Waals surface area (Å²) in [5.41, 5.74) is 0. The first-order valence-electron chi connectivity index (χ1n) is 7.68. The standard InChI is InChI=1S/C14H19F3N4O2/c1-8(2)9-3-6-23-11(9)12(22)20-4-5-21-10(7-20)18-19-13(21)14(15,16)17/h8-9,11H,3-7H2,1-2H3/t9-,11-/m1/s1. The van der Waals surface area contributed by atoms with Gasteiger partial charge in [0.25, 0.3) is 5.91 Å². The number of rotatable bonds is 2. The lowest BCUT2D eigenvalue weighted by Gasteiger charge is -2.32.